The van der Waals surface area contributed by atoms with E-state index in [9.17, 15) is 5.11 Å². The zero-order valence-electron chi connectivity index (χ0n) is 12.0. The minimum Gasteiger partial charge on any atom is -0.508 e. The molecule has 0 fully saturated rings. The number of hydrogen-bond donors (Lipinski definition) is 1. The summed E-state index contributed by atoms with van der Waals surface area (Å²) in [5, 5.41) is 9.72. The third-order valence-corrected chi connectivity index (χ3v) is 3.35. The molecule has 1 unspecified atom stereocenters. The summed E-state index contributed by atoms with van der Waals surface area (Å²) in [6.45, 7) is 2.80. The predicted octanol–water partition coefficient (Wildman–Crippen LogP) is 3.97. The van der Waals surface area contributed by atoms with E-state index >= 15 is 0 Å². The lowest BCUT2D eigenvalue weighted by atomic mass is 10.1. The largest absolute Gasteiger partial charge is 0.508 e. The number of aromatic hydroxyl groups is 1. The second-order valence-electron chi connectivity index (χ2n) is 5.10. The Morgan fingerprint density at radius 2 is 1.70 bits per heavy atom. The van der Waals surface area contributed by atoms with Crippen LogP contribution in [-0.4, -0.2) is 17.8 Å². The van der Waals surface area contributed by atoms with Gasteiger partial charge < -0.3 is 9.84 Å². The van der Waals surface area contributed by atoms with E-state index in [0.717, 1.165) is 31.4 Å². The molecule has 20 heavy (non-hydrogen) atoms. The first-order valence-corrected chi connectivity index (χ1v) is 7.18. The van der Waals surface area contributed by atoms with Crippen LogP contribution < -0.4 is 0 Å². The molecule has 2 heteroatoms. The van der Waals surface area contributed by atoms with Crippen molar-refractivity contribution in [2.24, 2.45) is 0 Å². The van der Waals surface area contributed by atoms with Crippen molar-refractivity contribution in [2.45, 2.75) is 32.3 Å². The molecule has 0 aliphatic heterocycles. The number of aryl methyl sites for hydroxylation is 1. The van der Waals surface area contributed by atoms with Crippen molar-refractivity contribution in [3.8, 4) is 5.75 Å². The molecule has 0 aliphatic carbocycles. The van der Waals surface area contributed by atoms with Crippen molar-refractivity contribution in [3.05, 3.63) is 65.7 Å². The van der Waals surface area contributed by atoms with Gasteiger partial charge in [-0.25, -0.2) is 0 Å². The first-order chi connectivity index (χ1) is 9.75. The molecule has 106 valence electrons. The lowest BCUT2D eigenvalue weighted by molar-refractivity contribution is 0.0644. The topological polar surface area (TPSA) is 29.5 Å². The first kappa shape index (κ1) is 14.6. The predicted molar refractivity (Wildman–Crippen MR) is 82.0 cm³/mol. The van der Waals surface area contributed by atoms with E-state index in [4.69, 9.17) is 4.74 Å². The molecular weight excluding hydrogens is 248 g/mol. The van der Waals surface area contributed by atoms with E-state index < -0.39 is 0 Å². The second kappa shape index (κ2) is 7.71. The Balaban J connectivity index is 1.68. The van der Waals surface area contributed by atoms with E-state index in [1.807, 2.05) is 24.3 Å². The third kappa shape index (κ3) is 4.71. The van der Waals surface area contributed by atoms with Crippen LogP contribution in [0.4, 0.5) is 0 Å². The molecular formula is C18H22O2. The molecule has 0 saturated carbocycles. The van der Waals surface area contributed by atoms with Gasteiger partial charge in [0.2, 0.25) is 0 Å². The van der Waals surface area contributed by atoms with Gasteiger partial charge in [-0.2, -0.15) is 0 Å². The van der Waals surface area contributed by atoms with Gasteiger partial charge in [0, 0.05) is 13.0 Å². The van der Waals surface area contributed by atoms with Gasteiger partial charge in [-0.15, -0.1) is 0 Å². The van der Waals surface area contributed by atoms with E-state index in [1.165, 1.54) is 5.56 Å². The van der Waals surface area contributed by atoms with Crippen LogP contribution in [0.25, 0.3) is 0 Å². The van der Waals surface area contributed by atoms with Crippen molar-refractivity contribution in [2.75, 3.05) is 6.61 Å². The number of rotatable bonds is 7. The molecule has 0 aliphatic rings. The average Bonchev–Trinajstić information content (AvgIpc) is 2.47. The van der Waals surface area contributed by atoms with Gasteiger partial charge in [0.1, 0.15) is 5.75 Å². The standard InChI is InChI=1S/C18H22O2/c1-15(14-17-11-5-6-12-18(17)19)20-13-7-10-16-8-3-2-4-9-16/h2-6,8-9,11-12,15,19H,7,10,13-14H2,1H3. The van der Waals surface area contributed by atoms with Crippen molar-refractivity contribution in [1.82, 2.24) is 0 Å². The molecule has 1 atom stereocenters. The normalized spacial score (nSPS) is 12.2. The van der Waals surface area contributed by atoms with Crippen molar-refractivity contribution in [3.63, 3.8) is 0 Å². The SMILES string of the molecule is CC(Cc1ccccc1O)OCCCc1ccccc1. The quantitative estimate of drug-likeness (QED) is 0.771. The molecule has 2 aromatic carbocycles. The van der Waals surface area contributed by atoms with Gasteiger partial charge in [0.25, 0.3) is 0 Å². The zero-order chi connectivity index (χ0) is 14.2. The Morgan fingerprint density at radius 1 is 1.00 bits per heavy atom. The summed E-state index contributed by atoms with van der Waals surface area (Å²) in [7, 11) is 0. The highest BCUT2D eigenvalue weighted by Gasteiger charge is 2.07. The number of phenols is 1. The fraction of sp³-hybridized carbons (Fsp3) is 0.333. The lowest BCUT2D eigenvalue weighted by Gasteiger charge is -2.14. The molecule has 0 heterocycles. The summed E-state index contributed by atoms with van der Waals surface area (Å²) in [5.74, 6) is 0.354. The maximum Gasteiger partial charge on any atom is 0.118 e. The smallest absolute Gasteiger partial charge is 0.118 e. The Hall–Kier alpha value is -1.80. The van der Waals surface area contributed by atoms with Gasteiger partial charge in [-0.05, 0) is 37.0 Å². The van der Waals surface area contributed by atoms with E-state index in [-0.39, 0.29) is 6.10 Å². The van der Waals surface area contributed by atoms with Crippen LogP contribution in [0.15, 0.2) is 54.6 Å². The number of phenolic OH excluding ortho intramolecular Hbond substituents is 1. The van der Waals surface area contributed by atoms with Crippen LogP contribution in [0, 0.1) is 0 Å². The van der Waals surface area contributed by atoms with Gasteiger partial charge in [-0.1, -0.05) is 48.5 Å². The number of benzene rings is 2. The molecule has 2 rings (SSSR count). The van der Waals surface area contributed by atoms with Gasteiger partial charge in [0.05, 0.1) is 6.10 Å². The van der Waals surface area contributed by atoms with Crippen LogP contribution >= 0.6 is 0 Å². The van der Waals surface area contributed by atoms with E-state index in [0.29, 0.717) is 5.75 Å². The summed E-state index contributed by atoms with van der Waals surface area (Å²) in [6, 6.07) is 17.9. The zero-order valence-corrected chi connectivity index (χ0v) is 12.0. The van der Waals surface area contributed by atoms with Crippen LogP contribution in [0.3, 0.4) is 0 Å². The fourth-order valence-corrected chi connectivity index (χ4v) is 2.26. The molecule has 0 aromatic heterocycles. The minimum atomic E-state index is 0.124. The van der Waals surface area contributed by atoms with Gasteiger partial charge in [0.15, 0.2) is 0 Å². The van der Waals surface area contributed by atoms with Crippen LogP contribution in [-0.2, 0) is 17.6 Å². The Kier molecular flexibility index (Phi) is 5.63. The highest BCUT2D eigenvalue weighted by atomic mass is 16.5. The second-order valence-corrected chi connectivity index (χ2v) is 5.10. The number of hydrogen-bond acceptors (Lipinski definition) is 2. The van der Waals surface area contributed by atoms with Crippen LogP contribution in [0.1, 0.15) is 24.5 Å². The van der Waals surface area contributed by atoms with Gasteiger partial charge >= 0.3 is 0 Å². The highest BCUT2D eigenvalue weighted by Crippen LogP contribution is 2.18. The Bertz CT molecular complexity index is 508. The summed E-state index contributed by atoms with van der Waals surface area (Å²) in [5.41, 5.74) is 2.30. The van der Waals surface area contributed by atoms with E-state index in [1.54, 1.807) is 6.07 Å². The Morgan fingerprint density at radius 3 is 2.45 bits per heavy atom. The summed E-state index contributed by atoms with van der Waals surface area (Å²) in [4.78, 5) is 0. The molecule has 2 nitrogen and oxygen atoms in total. The summed E-state index contributed by atoms with van der Waals surface area (Å²) < 4.78 is 5.81. The number of para-hydroxylation sites is 1. The third-order valence-electron chi connectivity index (χ3n) is 3.35. The first-order valence-electron chi connectivity index (χ1n) is 7.18. The van der Waals surface area contributed by atoms with Crippen LogP contribution in [0.5, 0.6) is 5.75 Å². The molecule has 0 bridgehead atoms. The van der Waals surface area contributed by atoms with E-state index in [2.05, 4.69) is 31.2 Å². The molecule has 0 saturated heterocycles. The van der Waals surface area contributed by atoms with Crippen LogP contribution in [0.2, 0.25) is 0 Å². The molecule has 1 N–H and O–H groups in total. The molecule has 2 aromatic rings. The maximum atomic E-state index is 9.72. The van der Waals surface area contributed by atoms with Gasteiger partial charge in [-0.3, -0.25) is 0 Å². The van der Waals surface area contributed by atoms with Crippen molar-refractivity contribution >= 4 is 0 Å². The highest BCUT2D eigenvalue weighted by molar-refractivity contribution is 5.32. The molecule has 0 radical (unpaired) electrons. The Labute approximate surface area is 121 Å². The fourth-order valence-electron chi connectivity index (χ4n) is 2.26. The number of ether oxygens (including phenoxy) is 1. The van der Waals surface area contributed by atoms with Crippen molar-refractivity contribution in [1.29, 1.82) is 0 Å². The lowest BCUT2D eigenvalue weighted by Crippen LogP contribution is -2.13. The maximum absolute atomic E-state index is 9.72. The summed E-state index contributed by atoms with van der Waals surface area (Å²) >= 11 is 0. The molecule has 0 spiro atoms. The monoisotopic (exact) mass is 270 g/mol. The summed E-state index contributed by atoms with van der Waals surface area (Å²) in [6.07, 6.45) is 2.94. The average molecular weight is 270 g/mol. The van der Waals surface area contributed by atoms with Crippen molar-refractivity contribution < 1.29 is 9.84 Å². The minimum absolute atomic E-state index is 0.124. The molecule has 0 amide bonds.